The van der Waals surface area contributed by atoms with Crippen LogP contribution in [0.15, 0.2) is 71.8 Å². The number of unbranched alkanes of at least 4 members (excludes halogenated alkanes) is 1. The molecule has 0 bridgehead atoms. The number of nitrogens with two attached hydrogens (primary N) is 1. The van der Waals surface area contributed by atoms with Gasteiger partial charge >= 0.3 is 0 Å². The highest BCUT2D eigenvalue weighted by Gasteiger charge is 2.31. The number of hydrogen-bond donors (Lipinski definition) is 1. The summed E-state index contributed by atoms with van der Waals surface area (Å²) < 4.78 is 28.6. The molecule has 35 heavy (non-hydrogen) atoms. The monoisotopic (exact) mass is 490 g/mol. The first kappa shape index (κ1) is 24.1. The first-order chi connectivity index (χ1) is 17.1. The zero-order valence-corrected chi connectivity index (χ0v) is 21.0. The van der Waals surface area contributed by atoms with Crippen molar-refractivity contribution in [1.29, 1.82) is 0 Å². The Morgan fingerprint density at radius 2 is 1.74 bits per heavy atom. The minimum atomic E-state index is -3.57. The van der Waals surface area contributed by atoms with Crippen molar-refractivity contribution in [2.75, 3.05) is 13.1 Å². The number of rotatable bonds is 9. The van der Waals surface area contributed by atoms with Crippen LogP contribution in [0.5, 0.6) is 0 Å². The van der Waals surface area contributed by atoms with E-state index in [-0.39, 0.29) is 6.04 Å². The molecule has 1 aliphatic carbocycles. The fourth-order valence-electron chi connectivity index (χ4n) is 5.40. The molecule has 1 atom stereocenters. The molecule has 0 saturated heterocycles. The van der Waals surface area contributed by atoms with Gasteiger partial charge in [0.05, 0.1) is 16.6 Å². The van der Waals surface area contributed by atoms with Gasteiger partial charge < -0.3 is 5.73 Å². The van der Waals surface area contributed by atoms with E-state index < -0.39 is 10.0 Å². The normalized spacial score (nSPS) is 17.9. The first-order valence-electron chi connectivity index (χ1n) is 12.6. The van der Waals surface area contributed by atoms with E-state index >= 15 is 0 Å². The van der Waals surface area contributed by atoms with E-state index in [2.05, 4.69) is 11.0 Å². The molecule has 184 valence electrons. The van der Waals surface area contributed by atoms with E-state index in [1.165, 1.54) is 11.3 Å². The summed E-state index contributed by atoms with van der Waals surface area (Å²) in [5.41, 5.74) is 11.5. The van der Waals surface area contributed by atoms with Crippen LogP contribution in [0.3, 0.4) is 0 Å². The zero-order valence-electron chi connectivity index (χ0n) is 20.1. The molecule has 2 N–H and O–H groups in total. The molecule has 0 saturated carbocycles. The number of aryl methyl sites for hydroxylation is 1. The molecule has 3 aromatic rings. The van der Waals surface area contributed by atoms with Crippen molar-refractivity contribution < 1.29 is 8.42 Å². The second-order valence-corrected chi connectivity index (χ2v) is 11.5. The molecule has 0 spiro atoms. The van der Waals surface area contributed by atoms with Crippen molar-refractivity contribution in [3.63, 3.8) is 0 Å². The topological polar surface area (TPSA) is 79.5 Å². The molecule has 0 amide bonds. The van der Waals surface area contributed by atoms with E-state index in [4.69, 9.17) is 10.7 Å². The van der Waals surface area contributed by atoms with Crippen LogP contribution in [0.25, 0.3) is 0 Å². The molecule has 6 nitrogen and oxygen atoms in total. The van der Waals surface area contributed by atoms with Crippen LogP contribution < -0.4 is 5.73 Å². The third-order valence-corrected chi connectivity index (χ3v) is 9.03. The Hall–Kier alpha value is -2.58. The molecule has 0 fully saturated rings. The molecule has 7 heteroatoms. The van der Waals surface area contributed by atoms with E-state index in [0.29, 0.717) is 31.1 Å². The SMILES string of the molecule is NCCCCN(Cc1cccc(S(=O)(=O)N2Cc3ccccc3C2)c1)C1CCCc2cccnc21. The Kier molecular flexibility index (Phi) is 7.29. The summed E-state index contributed by atoms with van der Waals surface area (Å²) in [4.78, 5) is 7.59. The lowest BCUT2D eigenvalue weighted by atomic mass is 9.90. The summed E-state index contributed by atoms with van der Waals surface area (Å²) in [6.07, 6.45) is 7.15. The third kappa shape index (κ3) is 5.19. The van der Waals surface area contributed by atoms with Crippen LogP contribution in [0.2, 0.25) is 0 Å². The predicted octanol–water partition coefficient (Wildman–Crippen LogP) is 4.40. The van der Waals surface area contributed by atoms with Gasteiger partial charge in [-0.3, -0.25) is 9.88 Å². The first-order valence-corrected chi connectivity index (χ1v) is 14.0. The smallest absolute Gasteiger partial charge is 0.243 e. The Balaban J connectivity index is 1.38. The minimum absolute atomic E-state index is 0.242. The molecular weight excluding hydrogens is 456 g/mol. The maximum Gasteiger partial charge on any atom is 0.243 e. The van der Waals surface area contributed by atoms with E-state index in [1.807, 2.05) is 54.7 Å². The quantitative estimate of drug-likeness (QED) is 0.450. The fraction of sp³-hybridized carbons (Fsp3) is 0.393. The third-order valence-electron chi connectivity index (χ3n) is 7.24. The van der Waals surface area contributed by atoms with Crippen molar-refractivity contribution in [3.05, 3.63) is 94.8 Å². The van der Waals surface area contributed by atoms with Crippen molar-refractivity contribution in [1.82, 2.24) is 14.2 Å². The fourth-order valence-corrected chi connectivity index (χ4v) is 6.87. The van der Waals surface area contributed by atoms with Gasteiger partial charge in [-0.1, -0.05) is 42.5 Å². The second kappa shape index (κ2) is 10.6. The minimum Gasteiger partial charge on any atom is -0.330 e. The molecule has 1 aliphatic heterocycles. The summed E-state index contributed by atoms with van der Waals surface area (Å²) in [6, 6.07) is 19.9. The molecular formula is C28H34N4O2S. The standard InChI is InChI=1S/C28H34N4O2S/c29-15-3-4-17-31(27-14-6-11-23-12-7-16-30-28(23)27)19-22-8-5-13-26(18-22)35(33,34)32-20-24-9-1-2-10-25(24)21-32/h1-2,5,7-10,12-13,16,18,27H,3-4,6,11,14-15,17,19-21,29H2. The summed E-state index contributed by atoms with van der Waals surface area (Å²) in [5.74, 6) is 0. The Labute approximate surface area is 208 Å². The van der Waals surface area contributed by atoms with E-state index in [1.54, 1.807) is 10.4 Å². The van der Waals surface area contributed by atoms with Gasteiger partial charge in [0.15, 0.2) is 0 Å². The number of nitrogens with zero attached hydrogens (tertiary/aromatic N) is 3. The van der Waals surface area contributed by atoms with Gasteiger partial charge in [-0.15, -0.1) is 0 Å². The molecule has 1 unspecified atom stereocenters. The van der Waals surface area contributed by atoms with Gasteiger partial charge in [-0.25, -0.2) is 8.42 Å². The average Bonchev–Trinajstić information content (AvgIpc) is 3.34. The van der Waals surface area contributed by atoms with E-state index in [9.17, 15) is 8.42 Å². The van der Waals surface area contributed by atoms with Crippen molar-refractivity contribution in [3.8, 4) is 0 Å². The van der Waals surface area contributed by atoms with Crippen LogP contribution in [0, 0.1) is 0 Å². The average molecular weight is 491 g/mol. The summed E-state index contributed by atoms with van der Waals surface area (Å²) in [7, 11) is -3.57. The Morgan fingerprint density at radius 3 is 2.51 bits per heavy atom. The summed E-state index contributed by atoms with van der Waals surface area (Å²) in [6.45, 7) is 3.14. The molecule has 2 aliphatic rings. The Morgan fingerprint density at radius 1 is 0.971 bits per heavy atom. The van der Waals surface area contributed by atoms with Crippen LogP contribution >= 0.6 is 0 Å². The highest BCUT2D eigenvalue weighted by atomic mass is 32.2. The molecule has 0 radical (unpaired) electrons. The van der Waals surface area contributed by atoms with Crippen molar-refractivity contribution in [2.24, 2.45) is 5.73 Å². The molecule has 5 rings (SSSR count). The number of aromatic nitrogens is 1. The van der Waals surface area contributed by atoms with Gasteiger partial charge in [-0.2, -0.15) is 4.31 Å². The Bertz CT molecular complexity index is 1250. The maximum absolute atomic E-state index is 13.5. The van der Waals surface area contributed by atoms with Gasteiger partial charge in [0.1, 0.15) is 0 Å². The number of pyridine rings is 1. The van der Waals surface area contributed by atoms with E-state index in [0.717, 1.165) is 55.3 Å². The highest BCUT2D eigenvalue weighted by molar-refractivity contribution is 7.89. The number of sulfonamides is 1. The van der Waals surface area contributed by atoms with Crippen LogP contribution in [-0.2, 0) is 36.1 Å². The lowest BCUT2D eigenvalue weighted by Gasteiger charge is -2.35. The maximum atomic E-state index is 13.5. The lowest BCUT2D eigenvalue weighted by molar-refractivity contribution is 0.163. The van der Waals surface area contributed by atoms with Gasteiger partial charge in [0, 0.05) is 25.8 Å². The van der Waals surface area contributed by atoms with Gasteiger partial charge in [-0.05, 0) is 85.6 Å². The van der Waals surface area contributed by atoms with Crippen molar-refractivity contribution in [2.45, 2.75) is 62.7 Å². The second-order valence-electron chi connectivity index (χ2n) is 9.61. The number of benzene rings is 2. The predicted molar refractivity (Wildman–Crippen MR) is 138 cm³/mol. The molecule has 1 aromatic heterocycles. The van der Waals surface area contributed by atoms with Crippen molar-refractivity contribution >= 4 is 10.0 Å². The van der Waals surface area contributed by atoms with Crippen LogP contribution in [0.1, 0.15) is 59.7 Å². The van der Waals surface area contributed by atoms with Crippen LogP contribution in [-0.4, -0.2) is 35.7 Å². The zero-order chi connectivity index (χ0) is 24.3. The van der Waals surface area contributed by atoms with Gasteiger partial charge in [0.2, 0.25) is 10.0 Å². The lowest BCUT2D eigenvalue weighted by Crippen LogP contribution is -2.33. The van der Waals surface area contributed by atoms with Crippen LogP contribution in [0.4, 0.5) is 0 Å². The number of hydrogen-bond acceptors (Lipinski definition) is 5. The largest absolute Gasteiger partial charge is 0.330 e. The highest BCUT2D eigenvalue weighted by Crippen LogP contribution is 2.34. The summed E-state index contributed by atoms with van der Waals surface area (Å²) in [5, 5.41) is 0. The summed E-state index contributed by atoms with van der Waals surface area (Å²) >= 11 is 0. The molecule has 2 aromatic carbocycles. The molecule has 2 heterocycles. The van der Waals surface area contributed by atoms with Gasteiger partial charge in [0.25, 0.3) is 0 Å². The number of fused-ring (bicyclic) bond motifs is 2.